The van der Waals surface area contributed by atoms with E-state index in [0.29, 0.717) is 5.56 Å². The van der Waals surface area contributed by atoms with Crippen LogP contribution in [0.1, 0.15) is 0 Å². The molecular weight excluding hydrogens is 235 g/mol. The summed E-state index contributed by atoms with van der Waals surface area (Å²) in [5.74, 6) is -0.219. The first kappa shape index (κ1) is 11.7. The maximum absolute atomic E-state index is 14.2. The Morgan fingerprint density at radius 2 is 1.26 bits per heavy atom. The summed E-state index contributed by atoms with van der Waals surface area (Å²) in [6.07, 6.45) is 0. The Kier molecular flexibility index (Phi) is 3.11. The Morgan fingerprint density at radius 3 is 1.89 bits per heavy atom. The van der Waals surface area contributed by atoms with E-state index in [1.165, 1.54) is 6.07 Å². The van der Waals surface area contributed by atoms with Crippen LogP contribution in [0.25, 0.3) is 22.3 Å². The second kappa shape index (κ2) is 5.07. The highest BCUT2D eigenvalue weighted by Crippen LogP contribution is 2.33. The van der Waals surface area contributed by atoms with Crippen LogP contribution in [0.2, 0.25) is 0 Å². The van der Waals surface area contributed by atoms with Crippen LogP contribution in [-0.2, 0) is 0 Å². The molecule has 0 unspecified atom stereocenters. The van der Waals surface area contributed by atoms with E-state index in [4.69, 9.17) is 0 Å². The van der Waals surface area contributed by atoms with Gasteiger partial charge in [0, 0.05) is 11.1 Å². The largest absolute Gasteiger partial charge is 0.206 e. The lowest BCUT2D eigenvalue weighted by molar-refractivity contribution is 0.631. The minimum absolute atomic E-state index is 0.219. The van der Waals surface area contributed by atoms with E-state index in [0.717, 1.165) is 16.7 Å². The topological polar surface area (TPSA) is 0 Å². The molecule has 0 spiro atoms. The average molecular weight is 247 g/mol. The third kappa shape index (κ3) is 2.27. The summed E-state index contributed by atoms with van der Waals surface area (Å²) in [4.78, 5) is 0. The highest BCUT2D eigenvalue weighted by Gasteiger charge is 2.11. The zero-order valence-electron chi connectivity index (χ0n) is 10.3. The van der Waals surface area contributed by atoms with E-state index >= 15 is 0 Å². The van der Waals surface area contributed by atoms with Crippen molar-refractivity contribution >= 4 is 0 Å². The molecule has 3 aromatic rings. The first-order chi connectivity index (χ1) is 9.36. The molecule has 0 aliphatic carbocycles. The molecule has 91 valence electrons. The molecule has 3 rings (SSSR count). The van der Waals surface area contributed by atoms with Gasteiger partial charge in [0.1, 0.15) is 5.82 Å². The van der Waals surface area contributed by atoms with Crippen molar-refractivity contribution in [2.75, 3.05) is 0 Å². The summed E-state index contributed by atoms with van der Waals surface area (Å²) in [6.45, 7) is 0. The van der Waals surface area contributed by atoms with Crippen LogP contribution in [0.5, 0.6) is 0 Å². The monoisotopic (exact) mass is 247 g/mol. The van der Waals surface area contributed by atoms with Crippen molar-refractivity contribution in [2.45, 2.75) is 0 Å². The predicted octanol–water partition coefficient (Wildman–Crippen LogP) is 4.96. The lowest BCUT2D eigenvalue weighted by atomic mass is 9.94. The Bertz CT molecular complexity index is 673. The minimum Gasteiger partial charge on any atom is -0.206 e. The molecule has 0 amide bonds. The third-order valence-electron chi connectivity index (χ3n) is 3.07. The smallest absolute Gasteiger partial charge is 0.131 e. The Hall–Kier alpha value is -2.41. The zero-order valence-corrected chi connectivity index (χ0v) is 10.3. The van der Waals surface area contributed by atoms with Crippen LogP contribution in [0, 0.1) is 11.9 Å². The van der Waals surface area contributed by atoms with Gasteiger partial charge in [-0.1, -0.05) is 66.7 Å². The summed E-state index contributed by atoms with van der Waals surface area (Å²) in [6, 6.07) is 25.6. The minimum atomic E-state index is -0.219. The molecular formula is C18H12F. The number of hydrogen-bond acceptors (Lipinski definition) is 0. The number of hydrogen-bond donors (Lipinski definition) is 0. The quantitative estimate of drug-likeness (QED) is 0.600. The van der Waals surface area contributed by atoms with Gasteiger partial charge < -0.3 is 0 Å². The summed E-state index contributed by atoms with van der Waals surface area (Å²) >= 11 is 0. The molecule has 1 radical (unpaired) electrons. The van der Waals surface area contributed by atoms with E-state index in [1.54, 1.807) is 6.07 Å². The molecule has 0 heterocycles. The maximum atomic E-state index is 14.2. The fourth-order valence-electron chi connectivity index (χ4n) is 2.19. The molecule has 0 nitrogen and oxygen atoms in total. The van der Waals surface area contributed by atoms with Gasteiger partial charge in [0.25, 0.3) is 0 Å². The van der Waals surface area contributed by atoms with Gasteiger partial charge in [0.2, 0.25) is 0 Å². The molecule has 0 aliphatic rings. The molecule has 0 aliphatic heterocycles. The van der Waals surface area contributed by atoms with Gasteiger partial charge in [-0.3, -0.25) is 0 Å². The standard InChI is InChI=1S/C18H12F/c19-17-13-7-12-16(14-8-3-1-4-9-14)18(17)15-10-5-2-6-11-15/h1-11,13H. The summed E-state index contributed by atoms with van der Waals surface area (Å²) in [5, 5.41) is 0. The van der Waals surface area contributed by atoms with Gasteiger partial charge in [-0.2, -0.15) is 0 Å². The third-order valence-corrected chi connectivity index (χ3v) is 3.07. The molecule has 0 atom stereocenters. The highest BCUT2D eigenvalue weighted by molar-refractivity contribution is 5.83. The predicted molar refractivity (Wildman–Crippen MR) is 76.1 cm³/mol. The van der Waals surface area contributed by atoms with E-state index in [-0.39, 0.29) is 5.82 Å². The van der Waals surface area contributed by atoms with Gasteiger partial charge in [-0.05, 0) is 23.3 Å². The summed E-state index contributed by atoms with van der Waals surface area (Å²) in [5.41, 5.74) is 3.25. The van der Waals surface area contributed by atoms with Crippen molar-refractivity contribution in [1.29, 1.82) is 0 Å². The molecule has 0 saturated carbocycles. The van der Waals surface area contributed by atoms with Gasteiger partial charge in [0.05, 0.1) is 0 Å². The Morgan fingerprint density at radius 1 is 0.684 bits per heavy atom. The van der Waals surface area contributed by atoms with Crippen molar-refractivity contribution in [2.24, 2.45) is 0 Å². The summed E-state index contributed by atoms with van der Waals surface area (Å²) < 4.78 is 14.2. The van der Waals surface area contributed by atoms with Gasteiger partial charge in [0.15, 0.2) is 0 Å². The number of benzene rings is 3. The second-order valence-corrected chi connectivity index (χ2v) is 4.31. The fraction of sp³-hybridized carbons (Fsp3) is 0. The van der Waals surface area contributed by atoms with Gasteiger partial charge >= 0.3 is 0 Å². The van der Waals surface area contributed by atoms with Crippen molar-refractivity contribution in [1.82, 2.24) is 0 Å². The van der Waals surface area contributed by atoms with Crippen LogP contribution in [0.15, 0.2) is 72.8 Å². The lowest BCUT2D eigenvalue weighted by Crippen LogP contribution is -1.89. The average Bonchev–Trinajstić information content (AvgIpc) is 2.49. The van der Waals surface area contributed by atoms with Crippen LogP contribution >= 0.6 is 0 Å². The molecule has 0 fully saturated rings. The van der Waals surface area contributed by atoms with Crippen molar-refractivity contribution in [3.63, 3.8) is 0 Å². The van der Waals surface area contributed by atoms with Crippen LogP contribution < -0.4 is 0 Å². The van der Waals surface area contributed by atoms with E-state index in [9.17, 15) is 4.39 Å². The fourth-order valence-corrected chi connectivity index (χ4v) is 2.19. The molecule has 0 saturated heterocycles. The first-order valence-electron chi connectivity index (χ1n) is 6.17. The van der Waals surface area contributed by atoms with Crippen molar-refractivity contribution in [3.8, 4) is 22.3 Å². The van der Waals surface area contributed by atoms with Crippen molar-refractivity contribution in [3.05, 3.63) is 84.7 Å². The van der Waals surface area contributed by atoms with E-state index < -0.39 is 0 Å². The number of rotatable bonds is 2. The number of halogens is 1. The zero-order chi connectivity index (χ0) is 13.1. The molecule has 1 heteroatoms. The molecule has 3 aromatic carbocycles. The van der Waals surface area contributed by atoms with Gasteiger partial charge in [-0.15, -0.1) is 0 Å². The Labute approximate surface area is 112 Å². The van der Waals surface area contributed by atoms with E-state index in [1.807, 2.05) is 60.7 Å². The van der Waals surface area contributed by atoms with Crippen molar-refractivity contribution < 1.29 is 4.39 Å². The summed E-state index contributed by atoms with van der Waals surface area (Å²) in [7, 11) is 0. The van der Waals surface area contributed by atoms with Crippen LogP contribution in [-0.4, -0.2) is 0 Å². The lowest BCUT2D eigenvalue weighted by Gasteiger charge is -2.10. The van der Waals surface area contributed by atoms with E-state index in [2.05, 4.69) is 6.07 Å². The SMILES string of the molecule is Fc1cc[c]c(-c2ccccc2)c1-c1ccccc1. The first-order valence-corrected chi connectivity index (χ1v) is 6.17. The van der Waals surface area contributed by atoms with Gasteiger partial charge in [-0.25, -0.2) is 4.39 Å². The van der Waals surface area contributed by atoms with Crippen LogP contribution in [0.4, 0.5) is 4.39 Å². The normalized spacial score (nSPS) is 10.4. The molecule has 19 heavy (non-hydrogen) atoms. The molecule has 0 bridgehead atoms. The maximum Gasteiger partial charge on any atom is 0.131 e. The van der Waals surface area contributed by atoms with Crippen LogP contribution in [0.3, 0.4) is 0 Å². The Balaban J connectivity index is 2.25. The molecule has 0 N–H and O–H groups in total. The second-order valence-electron chi connectivity index (χ2n) is 4.31. The highest BCUT2D eigenvalue weighted by atomic mass is 19.1. The molecule has 0 aromatic heterocycles.